The average Bonchev–Trinajstić information content (AvgIpc) is 2.81. The van der Waals surface area contributed by atoms with Gasteiger partial charge in [-0.15, -0.1) is 0 Å². The summed E-state index contributed by atoms with van der Waals surface area (Å²) >= 11 is 0. The Morgan fingerprint density at radius 1 is 1.38 bits per heavy atom. The molecule has 1 amide bonds. The number of amidine groups is 1. The second-order valence-corrected chi connectivity index (χ2v) is 6.62. The molecule has 1 aromatic rings. The number of aromatic nitrogens is 1. The van der Waals surface area contributed by atoms with Gasteiger partial charge in [0.05, 0.1) is 18.3 Å². The quantitative estimate of drug-likeness (QED) is 0.829. The molecule has 0 bridgehead atoms. The zero-order valence-corrected chi connectivity index (χ0v) is 14.6. The van der Waals surface area contributed by atoms with E-state index in [2.05, 4.69) is 15.3 Å². The summed E-state index contributed by atoms with van der Waals surface area (Å²) in [5.74, 6) is -1.20. The van der Waals surface area contributed by atoms with E-state index >= 15 is 0 Å². The Kier molecular flexibility index (Phi) is 5.03. The topological polar surface area (TPSA) is 101 Å². The third kappa shape index (κ3) is 3.46. The van der Waals surface area contributed by atoms with E-state index in [4.69, 9.17) is 4.74 Å². The highest BCUT2D eigenvalue weighted by atomic mass is 16.5. The smallest absolute Gasteiger partial charge is 0.338 e. The Labute approximate surface area is 141 Å². The normalized spacial score (nSPS) is 20.5. The minimum atomic E-state index is -1.13. The van der Waals surface area contributed by atoms with Crippen LogP contribution in [0.15, 0.2) is 17.3 Å². The largest absolute Gasteiger partial charge is 0.478 e. The van der Waals surface area contributed by atoms with Crippen molar-refractivity contribution in [3.8, 4) is 0 Å². The second-order valence-electron chi connectivity index (χ2n) is 6.62. The second kappa shape index (κ2) is 6.68. The molecule has 1 atom stereocenters. The molecule has 1 aromatic heterocycles. The SMILES string of the molecule is CC(C)OCc1cnc(C2=NC(C)(C(C)C)C(=O)N2)c(C(=O)O)c1. The molecule has 2 N–H and O–H groups in total. The first-order valence-electron chi connectivity index (χ1n) is 7.90. The summed E-state index contributed by atoms with van der Waals surface area (Å²) in [4.78, 5) is 32.5. The number of aromatic carboxylic acids is 1. The van der Waals surface area contributed by atoms with E-state index in [0.29, 0.717) is 5.56 Å². The number of ether oxygens (including phenoxy) is 1. The van der Waals surface area contributed by atoms with Gasteiger partial charge in [0, 0.05) is 6.20 Å². The Morgan fingerprint density at radius 2 is 2.04 bits per heavy atom. The van der Waals surface area contributed by atoms with Crippen LogP contribution in [0, 0.1) is 5.92 Å². The monoisotopic (exact) mass is 333 g/mol. The number of aliphatic imine (C=N–C) groups is 1. The van der Waals surface area contributed by atoms with Crippen molar-refractivity contribution in [2.75, 3.05) is 0 Å². The van der Waals surface area contributed by atoms with Gasteiger partial charge in [0.15, 0.2) is 5.84 Å². The standard InChI is InChI=1S/C17H23N3O4/c1-9(2)17(5)16(23)19-14(20-17)13-12(15(21)22)6-11(7-18-13)8-24-10(3)4/h6-7,9-10H,8H2,1-5H3,(H,21,22)(H,19,20,23). The van der Waals surface area contributed by atoms with Gasteiger partial charge in [-0.2, -0.15) is 0 Å². The van der Waals surface area contributed by atoms with Crippen molar-refractivity contribution in [2.24, 2.45) is 10.9 Å². The van der Waals surface area contributed by atoms with Gasteiger partial charge in [0.1, 0.15) is 11.2 Å². The van der Waals surface area contributed by atoms with Crippen LogP contribution in [0.3, 0.4) is 0 Å². The average molecular weight is 333 g/mol. The fraction of sp³-hybridized carbons (Fsp3) is 0.529. The zero-order valence-electron chi connectivity index (χ0n) is 14.6. The van der Waals surface area contributed by atoms with Crippen LogP contribution in [-0.2, 0) is 16.1 Å². The summed E-state index contributed by atoms with van der Waals surface area (Å²) in [6.07, 6.45) is 1.58. The van der Waals surface area contributed by atoms with Crippen molar-refractivity contribution >= 4 is 17.7 Å². The summed E-state index contributed by atoms with van der Waals surface area (Å²) in [7, 11) is 0. The molecule has 130 valence electrons. The van der Waals surface area contributed by atoms with Crippen molar-refractivity contribution in [2.45, 2.75) is 52.9 Å². The molecule has 0 saturated heterocycles. The lowest BCUT2D eigenvalue weighted by atomic mass is 9.89. The lowest BCUT2D eigenvalue weighted by Crippen LogP contribution is -2.41. The lowest BCUT2D eigenvalue weighted by Gasteiger charge is -2.21. The van der Waals surface area contributed by atoms with Gasteiger partial charge in [-0.25, -0.2) is 9.79 Å². The number of carboxylic acid groups (broad SMARTS) is 1. The Morgan fingerprint density at radius 3 is 2.54 bits per heavy atom. The molecule has 7 nitrogen and oxygen atoms in total. The van der Waals surface area contributed by atoms with Gasteiger partial charge in [0.2, 0.25) is 0 Å². The number of carbonyl (C=O) groups excluding carboxylic acids is 1. The number of hydrogen-bond acceptors (Lipinski definition) is 5. The Bertz CT molecular complexity index is 697. The predicted octanol–water partition coefficient (Wildman–Crippen LogP) is 2.00. The molecule has 0 spiro atoms. The van der Waals surface area contributed by atoms with E-state index in [9.17, 15) is 14.7 Å². The van der Waals surface area contributed by atoms with Crippen LogP contribution >= 0.6 is 0 Å². The first-order valence-corrected chi connectivity index (χ1v) is 7.90. The van der Waals surface area contributed by atoms with E-state index < -0.39 is 11.5 Å². The number of rotatable bonds is 6. The summed E-state index contributed by atoms with van der Waals surface area (Å²) < 4.78 is 5.48. The number of nitrogens with one attached hydrogen (secondary N) is 1. The van der Waals surface area contributed by atoms with Crippen LogP contribution in [0.4, 0.5) is 0 Å². The van der Waals surface area contributed by atoms with E-state index in [-0.39, 0.29) is 41.6 Å². The number of carbonyl (C=O) groups is 2. The van der Waals surface area contributed by atoms with E-state index in [1.54, 1.807) is 13.1 Å². The van der Waals surface area contributed by atoms with Crippen LogP contribution in [0.1, 0.15) is 56.2 Å². The zero-order chi connectivity index (χ0) is 18.1. The Hall–Kier alpha value is -2.28. The van der Waals surface area contributed by atoms with Crippen LogP contribution in [0.2, 0.25) is 0 Å². The molecule has 0 radical (unpaired) electrons. The van der Waals surface area contributed by atoms with Crippen molar-refractivity contribution in [1.29, 1.82) is 0 Å². The number of pyridine rings is 1. The summed E-state index contributed by atoms with van der Waals surface area (Å²) in [5.41, 5.74) is -0.117. The molecule has 24 heavy (non-hydrogen) atoms. The lowest BCUT2D eigenvalue weighted by molar-refractivity contribution is -0.124. The van der Waals surface area contributed by atoms with E-state index in [1.165, 1.54) is 6.07 Å². The number of carboxylic acids is 1. The highest BCUT2D eigenvalue weighted by Crippen LogP contribution is 2.27. The molecule has 1 unspecified atom stereocenters. The molecule has 0 aromatic carbocycles. The van der Waals surface area contributed by atoms with Crippen molar-refractivity contribution in [1.82, 2.24) is 10.3 Å². The fourth-order valence-corrected chi connectivity index (χ4v) is 2.25. The molecule has 7 heteroatoms. The molecular formula is C17H23N3O4. The predicted molar refractivity (Wildman–Crippen MR) is 89.0 cm³/mol. The minimum absolute atomic E-state index is 0.00749. The van der Waals surface area contributed by atoms with Crippen LogP contribution in [-0.4, -0.2) is 39.4 Å². The van der Waals surface area contributed by atoms with Crippen LogP contribution in [0.25, 0.3) is 0 Å². The van der Waals surface area contributed by atoms with E-state index in [1.807, 2.05) is 27.7 Å². The number of nitrogens with zero attached hydrogens (tertiary/aromatic N) is 2. The maximum atomic E-state index is 12.2. The summed E-state index contributed by atoms with van der Waals surface area (Å²) in [5, 5.41) is 12.1. The summed E-state index contributed by atoms with van der Waals surface area (Å²) in [6.45, 7) is 9.58. The van der Waals surface area contributed by atoms with Crippen LogP contribution < -0.4 is 5.32 Å². The summed E-state index contributed by atoms with van der Waals surface area (Å²) in [6, 6.07) is 1.51. The molecule has 2 heterocycles. The molecule has 0 fully saturated rings. The maximum absolute atomic E-state index is 12.2. The van der Waals surface area contributed by atoms with Gasteiger partial charge in [0.25, 0.3) is 5.91 Å². The first-order chi connectivity index (χ1) is 11.1. The van der Waals surface area contributed by atoms with Crippen molar-refractivity contribution < 1.29 is 19.4 Å². The Balaban J connectivity index is 2.40. The van der Waals surface area contributed by atoms with Gasteiger partial charge < -0.3 is 15.2 Å². The third-order valence-electron chi connectivity index (χ3n) is 4.14. The highest BCUT2D eigenvalue weighted by molar-refractivity contribution is 6.17. The van der Waals surface area contributed by atoms with Crippen molar-refractivity contribution in [3.63, 3.8) is 0 Å². The van der Waals surface area contributed by atoms with E-state index in [0.717, 1.165) is 0 Å². The highest BCUT2D eigenvalue weighted by Gasteiger charge is 2.43. The molecule has 0 aliphatic carbocycles. The third-order valence-corrected chi connectivity index (χ3v) is 4.14. The van der Waals surface area contributed by atoms with Crippen molar-refractivity contribution in [3.05, 3.63) is 29.1 Å². The molecule has 0 saturated carbocycles. The van der Waals surface area contributed by atoms with Gasteiger partial charge in [-0.05, 0) is 38.3 Å². The first kappa shape index (κ1) is 18.1. The molecular weight excluding hydrogens is 310 g/mol. The number of amides is 1. The maximum Gasteiger partial charge on any atom is 0.338 e. The van der Waals surface area contributed by atoms with Gasteiger partial charge >= 0.3 is 5.97 Å². The van der Waals surface area contributed by atoms with Gasteiger partial charge in [-0.3, -0.25) is 9.78 Å². The van der Waals surface area contributed by atoms with Crippen LogP contribution in [0.5, 0.6) is 0 Å². The minimum Gasteiger partial charge on any atom is -0.478 e. The molecule has 1 aliphatic heterocycles. The number of hydrogen-bond donors (Lipinski definition) is 2. The van der Waals surface area contributed by atoms with Gasteiger partial charge in [-0.1, -0.05) is 13.8 Å². The fourth-order valence-electron chi connectivity index (χ4n) is 2.25. The molecule has 1 aliphatic rings. The molecule has 2 rings (SSSR count).